The predicted octanol–water partition coefficient (Wildman–Crippen LogP) is 5.92. The fraction of sp³-hybridized carbons (Fsp3) is 0.511. The standard InChI is InChI=1S/C45H50ClF2N11O4/c1-55-33-12-8-26(18-31(33)37-39(43(55)62)63-23-45(47,48)40(52-37)25-6-7-25)50-41-32(46)19-49-44(53-41)59-27-9-10-28(59)22-57(21-27)20-24-14-16-58(17-15-24)34-5-3-4-29-36(54-56(2)38(29)34)30-11-13-35(60)51-42(30)61/h3-5,8,12,18-19,24-25,27-28,30,40,52H,6-7,9-11,13-17,20-23H2,1-2H3,(H,49,50,53)(H,51,60,61). The van der Waals surface area contributed by atoms with Gasteiger partial charge in [-0.15, -0.1) is 0 Å². The molecule has 3 N–H and O–H groups in total. The molecule has 8 heterocycles. The van der Waals surface area contributed by atoms with Gasteiger partial charge in [0.25, 0.3) is 5.56 Å². The maximum absolute atomic E-state index is 15.2. The molecule has 2 aromatic carbocycles. The van der Waals surface area contributed by atoms with Crippen LogP contribution in [0.4, 0.5) is 37.6 Å². The average molecular weight is 882 g/mol. The number of fused-ring (bicyclic) bond motifs is 6. The van der Waals surface area contributed by atoms with Crippen molar-refractivity contribution in [3.63, 3.8) is 0 Å². The Morgan fingerprint density at radius 2 is 1.75 bits per heavy atom. The first kappa shape index (κ1) is 40.2. The fourth-order valence-corrected chi connectivity index (χ4v) is 11.1. The minimum atomic E-state index is -3.13. The number of para-hydroxylation sites is 1. The molecule has 3 aromatic heterocycles. The van der Waals surface area contributed by atoms with E-state index in [-0.39, 0.29) is 41.3 Å². The summed E-state index contributed by atoms with van der Waals surface area (Å²) >= 11 is 6.72. The van der Waals surface area contributed by atoms with Gasteiger partial charge < -0.3 is 29.7 Å². The van der Waals surface area contributed by atoms with Crippen molar-refractivity contribution >= 4 is 74.0 Å². The van der Waals surface area contributed by atoms with Crippen LogP contribution in [-0.2, 0) is 23.7 Å². The largest absolute Gasteiger partial charge is 0.480 e. The number of piperidine rings is 2. The van der Waals surface area contributed by atoms with Gasteiger partial charge in [-0.2, -0.15) is 10.1 Å². The molecule has 1 saturated carbocycles. The molecule has 0 spiro atoms. The summed E-state index contributed by atoms with van der Waals surface area (Å²) in [5.74, 6) is -2.73. The zero-order valence-electron chi connectivity index (χ0n) is 35.2. The van der Waals surface area contributed by atoms with Gasteiger partial charge in [-0.1, -0.05) is 23.7 Å². The van der Waals surface area contributed by atoms with E-state index in [1.165, 1.54) is 4.57 Å². The summed E-state index contributed by atoms with van der Waals surface area (Å²) in [5.41, 5.74) is 3.91. The lowest BCUT2D eigenvalue weighted by Crippen LogP contribution is -2.55. The Balaban J connectivity index is 0.761. The smallest absolute Gasteiger partial charge is 0.301 e. The van der Waals surface area contributed by atoms with Crippen molar-refractivity contribution in [2.75, 3.05) is 59.8 Å². The Kier molecular flexibility index (Phi) is 9.78. The first-order valence-corrected chi connectivity index (χ1v) is 22.6. The van der Waals surface area contributed by atoms with Crippen molar-refractivity contribution in [3.05, 3.63) is 63.7 Å². The predicted molar refractivity (Wildman–Crippen MR) is 237 cm³/mol. The van der Waals surface area contributed by atoms with E-state index in [0.29, 0.717) is 65.0 Å². The second-order valence-electron chi connectivity index (χ2n) is 18.4. The van der Waals surface area contributed by atoms with Crippen molar-refractivity contribution in [2.45, 2.75) is 81.3 Å². The number of pyridine rings is 1. The number of rotatable bonds is 8. The van der Waals surface area contributed by atoms with Gasteiger partial charge in [0.05, 0.1) is 46.3 Å². The molecule has 2 amide bonds. The lowest BCUT2D eigenvalue weighted by Gasteiger charge is -2.43. The van der Waals surface area contributed by atoms with Gasteiger partial charge in [0, 0.05) is 81.8 Å². The van der Waals surface area contributed by atoms with E-state index in [1.807, 2.05) is 36.0 Å². The van der Waals surface area contributed by atoms with Gasteiger partial charge in [0.15, 0.2) is 12.4 Å². The van der Waals surface area contributed by atoms with Crippen LogP contribution in [0.3, 0.4) is 0 Å². The molecule has 5 aliphatic heterocycles. The van der Waals surface area contributed by atoms with E-state index >= 15 is 8.78 Å². The number of nitrogens with zero attached hydrogens (tertiary/aromatic N) is 8. The molecule has 330 valence electrons. The number of alkyl halides is 2. The van der Waals surface area contributed by atoms with Crippen LogP contribution in [0.5, 0.6) is 5.75 Å². The molecule has 4 unspecified atom stereocenters. The van der Waals surface area contributed by atoms with Crippen molar-refractivity contribution < 1.29 is 23.1 Å². The molecule has 15 nitrogen and oxygen atoms in total. The number of amides is 2. The van der Waals surface area contributed by atoms with Crippen LogP contribution in [0.1, 0.15) is 63.0 Å². The average Bonchev–Trinajstić information content (AvgIpc) is 4.02. The second-order valence-corrected chi connectivity index (χ2v) is 18.8. The number of hydrogen-bond donors (Lipinski definition) is 3. The summed E-state index contributed by atoms with van der Waals surface area (Å²) in [6.45, 7) is 3.90. The molecular formula is C45H50ClF2N11O4. The number of piperazine rings is 1. The maximum Gasteiger partial charge on any atom is 0.301 e. The molecule has 6 aliphatic rings. The minimum Gasteiger partial charge on any atom is -0.480 e. The summed E-state index contributed by atoms with van der Waals surface area (Å²) in [4.78, 5) is 55.0. The topological polar surface area (TPSA) is 155 Å². The summed E-state index contributed by atoms with van der Waals surface area (Å²) in [6, 6.07) is 11.1. The monoisotopic (exact) mass is 881 g/mol. The van der Waals surface area contributed by atoms with Gasteiger partial charge in [0.2, 0.25) is 23.5 Å². The Morgan fingerprint density at radius 1 is 0.968 bits per heavy atom. The van der Waals surface area contributed by atoms with Crippen molar-refractivity contribution in [3.8, 4) is 5.75 Å². The van der Waals surface area contributed by atoms with Gasteiger partial charge in [0.1, 0.15) is 5.02 Å². The van der Waals surface area contributed by atoms with E-state index in [2.05, 4.69) is 36.7 Å². The van der Waals surface area contributed by atoms with E-state index in [1.54, 1.807) is 19.3 Å². The van der Waals surface area contributed by atoms with Crippen LogP contribution in [0.25, 0.3) is 21.8 Å². The molecule has 4 atom stereocenters. The molecule has 11 rings (SSSR count). The van der Waals surface area contributed by atoms with Gasteiger partial charge >= 0.3 is 5.92 Å². The lowest BCUT2D eigenvalue weighted by atomic mass is 9.92. The zero-order chi connectivity index (χ0) is 43.3. The Morgan fingerprint density at radius 3 is 2.49 bits per heavy atom. The third kappa shape index (κ3) is 7.11. The molecule has 0 radical (unpaired) electrons. The summed E-state index contributed by atoms with van der Waals surface area (Å²) in [6.07, 6.45) is 8.07. The number of aromatic nitrogens is 5. The number of anilines is 5. The normalized spacial score (nSPS) is 25.2. The highest BCUT2D eigenvalue weighted by Gasteiger charge is 2.51. The third-order valence-electron chi connectivity index (χ3n) is 14.3. The second kappa shape index (κ2) is 15.3. The first-order valence-electron chi connectivity index (χ1n) is 22.2. The van der Waals surface area contributed by atoms with E-state index in [0.717, 1.165) is 80.7 Å². The fourth-order valence-electron chi connectivity index (χ4n) is 11.0. The van der Waals surface area contributed by atoms with Gasteiger partial charge in [-0.25, -0.2) is 13.8 Å². The number of aryl methyl sites for hydroxylation is 2. The van der Waals surface area contributed by atoms with Crippen LogP contribution < -0.4 is 36.0 Å². The Bertz CT molecular complexity index is 2720. The van der Waals surface area contributed by atoms with Crippen LogP contribution >= 0.6 is 11.6 Å². The molecule has 5 aromatic rings. The van der Waals surface area contributed by atoms with Gasteiger partial charge in [-0.05, 0) is 81.0 Å². The maximum atomic E-state index is 15.2. The number of carbonyl (C=O) groups is 2. The number of halogens is 3. The number of benzene rings is 2. The SMILES string of the molecule is Cn1nc(C2CCC(=O)NC2=O)c2cccc(N3CCC(CN4CC5CCC(C4)N5c4ncc(Cl)c(Nc5ccc6c(c5)c5c(c(=O)n6C)OCC(F)(F)C(C6CC6)N5)n4)CC3)c21. The molecule has 2 bridgehead atoms. The van der Waals surface area contributed by atoms with E-state index < -0.39 is 30.0 Å². The third-order valence-corrected chi connectivity index (χ3v) is 14.6. The quantitative estimate of drug-likeness (QED) is 0.159. The molecule has 4 saturated heterocycles. The first-order chi connectivity index (χ1) is 30.4. The minimum absolute atomic E-state index is 0.102. The lowest BCUT2D eigenvalue weighted by molar-refractivity contribution is -0.134. The number of hydrogen-bond acceptors (Lipinski definition) is 12. The van der Waals surface area contributed by atoms with Crippen molar-refractivity contribution in [1.82, 2.24) is 34.5 Å². The summed E-state index contributed by atoms with van der Waals surface area (Å²) < 4.78 is 39.3. The molecular weight excluding hydrogens is 832 g/mol. The number of nitrogens with one attached hydrogen (secondary N) is 3. The molecule has 63 heavy (non-hydrogen) atoms. The highest BCUT2D eigenvalue weighted by molar-refractivity contribution is 6.33. The van der Waals surface area contributed by atoms with Crippen molar-refractivity contribution in [1.29, 1.82) is 0 Å². The Hall–Kier alpha value is -5.55. The van der Waals surface area contributed by atoms with E-state index in [4.69, 9.17) is 31.4 Å². The Labute approximate surface area is 367 Å². The van der Waals surface area contributed by atoms with E-state index in [9.17, 15) is 14.4 Å². The highest BCUT2D eigenvalue weighted by atomic mass is 35.5. The highest BCUT2D eigenvalue weighted by Crippen LogP contribution is 2.46. The van der Waals surface area contributed by atoms with Crippen molar-refractivity contribution in [2.24, 2.45) is 25.9 Å². The molecule has 5 fully saturated rings. The van der Waals surface area contributed by atoms with Gasteiger partial charge in [-0.3, -0.25) is 29.3 Å². The number of ether oxygens (including phenoxy) is 1. The number of carbonyl (C=O) groups excluding carboxylic acids is 2. The molecule has 1 aliphatic carbocycles. The summed E-state index contributed by atoms with van der Waals surface area (Å²) in [7, 11) is 3.55. The zero-order valence-corrected chi connectivity index (χ0v) is 36.0. The van der Waals surface area contributed by atoms with Crippen LogP contribution in [0, 0.1) is 11.8 Å². The van der Waals surface area contributed by atoms with Crippen LogP contribution in [0.15, 0.2) is 47.4 Å². The molecule has 18 heteroatoms. The number of imide groups is 1. The summed E-state index contributed by atoms with van der Waals surface area (Å²) in [5, 5.41) is 15.6. The van der Waals surface area contributed by atoms with Crippen LogP contribution in [0.2, 0.25) is 5.02 Å². The van der Waals surface area contributed by atoms with Crippen LogP contribution in [-0.4, -0.2) is 104 Å². The number of likely N-dealkylation sites (tertiary alicyclic amines) is 1.